The van der Waals surface area contributed by atoms with E-state index in [4.69, 9.17) is 4.42 Å². The van der Waals surface area contributed by atoms with E-state index in [9.17, 15) is 22.5 Å². The number of halogens is 3. The van der Waals surface area contributed by atoms with Crippen LogP contribution in [-0.4, -0.2) is 51.3 Å². The summed E-state index contributed by atoms with van der Waals surface area (Å²) in [5.74, 6) is 0.676. The van der Waals surface area contributed by atoms with Gasteiger partial charge in [0.05, 0.1) is 23.5 Å². The van der Waals surface area contributed by atoms with Crippen molar-refractivity contribution in [3.8, 4) is 0 Å². The summed E-state index contributed by atoms with van der Waals surface area (Å²) in [6.45, 7) is -0.382. The lowest BCUT2D eigenvalue weighted by atomic mass is 10.2. The molecular formula is C21H24F3N3O3S. The topological polar surface area (TPSA) is 78.6 Å². The first-order chi connectivity index (χ1) is 14.7. The van der Waals surface area contributed by atoms with Crippen molar-refractivity contribution in [3.63, 3.8) is 0 Å². The molecule has 2 atom stereocenters. The van der Waals surface area contributed by atoms with Gasteiger partial charge in [-0.2, -0.15) is 13.2 Å². The quantitative estimate of drug-likeness (QED) is 0.455. The minimum atomic E-state index is -4.23. The molecule has 0 fully saturated rings. The largest absolute Gasteiger partial charge is 0.455 e. The lowest BCUT2D eigenvalue weighted by Crippen LogP contribution is -2.32. The summed E-state index contributed by atoms with van der Waals surface area (Å²) in [4.78, 5) is 5.77. The highest BCUT2D eigenvalue weighted by atomic mass is 32.2. The highest BCUT2D eigenvalue weighted by Crippen LogP contribution is 2.22. The molecule has 0 aliphatic heterocycles. The fourth-order valence-corrected chi connectivity index (χ4v) is 4.15. The summed E-state index contributed by atoms with van der Waals surface area (Å²) in [5.41, 5.74) is 1.47. The maximum Gasteiger partial charge on any atom is 0.401 e. The number of rotatable bonds is 10. The Balaban J connectivity index is 1.45. The molecule has 0 bridgehead atoms. The number of benzene rings is 1. The van der Waals surface area contributed by atoms with E-state index in [1.165, 1.54) is 11.9 Å². The molecular weight excluding hydrogens is 431 g/mol. The first kappa shape index (κ1) is 23.4. The number of aliphatic hydroxyl groups is 1. The Morgan fingerprint density at radius 2 is 2.00 bits per heavy atom. The van der Waals surface area contributed by atoms with Gasteiger partial charge in [0.2, 0.25) is 0 Å². The number of hydrogen-bond acceptors (Lipinski definition) is 6. The smallest absolute Gasteiger partial charge is 0.401 e. The van der Waals surface area contributed by atoms with E-state index in [0.717, 1.165) is 10.9 Å². The van der Waals surface area contributed by atoms with Crippen molar-refractivity contribution < 1.29 is 26.9 Å². The number of nitrogens with zero attached hydrogens (tertiary/aromatic N) is 2. The molecule has 1 aromatic carbocycles. The molecule has 3 rings (SSSR count). The molecule has 6 nitrogen and oxygen atoms in total. The molecule has 2 unspecified atom stereocenters. The number of fused-ring (bicyclic) bond motifs is 1. The number of nitrogens with one attached hydrogen (secondary N) is 1. The minimum absolute atomic E-state index is 0.225. The molecule has 0 aliphatic rings. The monoisotopic (exact) mass is 455 g/mol. The molecule has 0 saturated carbocycles. The van der Waals surface area contributed by atoms with E-state index in [-0.39, 0.29) is 6.54 Å². The predicted octanol–water partition coefficient (Wildman–Crippen LogP) is 3.60. The number of aliphatic hydroxyl groups excluding tert-OH is 1. The van der Waals surface area contributed by atoms with Crippen molar-refractivity contribution in [3.05, 3.63) is 60.1 Å². The van der Waals surface area contributed by atoms with Gasteiger partial charge in [-0.3, -0.25) is 19.4 Å². The molecule has 0 saturated heterocycles. The Hall–Kier alpha value is -2.27. The fourth-order valence-electron chi connectivity index (χ4n) is 3.08. The highest BCUT2D eigenvalue weighted by molar-refractivity contribution is 7.85. The average Bonchev–Trinajstić information content (AvgIpc) is 3.15. The fraction of sp³-hybridized carbons (Fsp3) is 0.381. The van der Waals surface area contributed by atoms with Crippen LogP contribution in [-0.2, 0) is 17.3 Å². The Kier molecular flexibility index (Phi) is 7.82. The van der Waals surface area contributed by atoms with Crippen LogP contribution in [0.5, 0.6) is 0 Å². The van der Waals surface area contributed by atoms with Gasteiger partial charge >= 0.3 is 6.18 Å². The number of alkyl halides is 3. The van der Waals surface area contributed by atoms with Gasteiger partial charge in [0.1, 0.15) is 5.76 Å². The van der Waals surface area contributed by atoms with Crippen molar-refractivity contribution in [2.24, 2.45) is 0 Å². The molecule has 0 aliphatic carbocycles. The molecule has 168 valence electrons. The molecule has 3 aromatic rings. The van der Waals surface area contributed by atoms with Gasteiger partial charge in [-0.1, -0.05) is 12.1 Å². The van der Waals surface area contributed by atoms with E-state index in [1.54, 1.807) is 48.8 Å². The predicted molar refractivity (Wildman–Crippen MR) is 112 cm³/mol. The average molecular weight is 456 g/mol. The van der Waals surface area contributed by atoms with Gasteiger partial charge in [0, 0.05) is 28.8 Å². The van der Waals surface area contributed by atoms with Crippen molar-refractivity contribution in [1.82, 2.24) is 15.2 Å². The van der Waals surface area contributed by atoms with Crippen LogP contribution in [0.25, 0.3) is 11.0 Å². The highest BCUT2D eigenvalue weighted by Gasteiger charge is 2.28. The summed E-state index contributed by atoms with van der Waals surface area (Å²) < 4.78 is 54.9. The van der Waals surface area contributed by atoms with E-state index in [1.807, 2.05) is 0 Å². The summed E-state index contributed by atoms with van der Waals surface area (Å²) in [6, 6.07) is 10.6. The van der Waals surface area contributed by atoms with Crippen molar-refractivity contribution in [2.45, 2.75) is 30.3 Å². The Bertz CT molecular complexity index is 975. The summed E-state index contributed by atoms with van der Waals surface area (Å²) in [7, 11) is 0.116. The standard InChI is InChI=1S/C21H24F3N3O3S/c1-27(14-21(22,23)24)9-2-10-31(29)17-5-3-15(4-6-17)12-26-20(28)18-11-16-7-8-25-13-19(16)30-18/h3-8,11,13,20,26,28H,2,9-10,12,14H2,1H3. The third-order valence-electron chi connectivity index (χ3n) is 4.62. The van der Waals surface area contributed by atoms with Crippen molar-refractivity contribution >= 4 is 21.8 Å². The number of pyridine rings is 1. The molecule has 0 spiro atoms. The molecule has 0 amide bonds. The van der Waals surface area contributed by atoms with Gasteiger partial charge in [0.15, 0.2) is 11.8 Å². The van der Waals surface area contributed by atoms with E-state index >= 15 is 0 Å². The molecule has 2 heterocycles. The zero-order chi connectivity index (χ0) is 22.4. The number of aromatic nitrogens is 1. The molecule has 0 radical (unpaired) electrons. The summed E-state index contributed by atoms with van der Waals surface area (Å²) in [6.07, 6.45) is -1.59. The van der Waals surface area contributed by atoms with Crippen LogP contribution >= 0.6 is 0 Å². The van der Waals surface area contributed by atoms with E-state index in [0.29, 0.717) is 35.0 Å². The zero-order valence-electron chi connectivity index (χ0n) is 16.9. The Morgan fingerprint density at radius 1 is 1.26 bits per heavy atom. The maximum atomic E-state index is 12.4. The Labute approximate surface area is 180 Å². The third-order valence-corrected chi connectivity index (χ3v) is 6.07. The van der Waals surface area contributed by atoms with Crippen LogP contribution in [0.15, 0.2) is 58.1 Å². The SMILES string of the molecule is CN(CCCS(=O)c1ccc(CNC(O)c2cc3ccncc3o2)cc1)CC(F)(F)F. The van der Waals surface area contributed by atoms with Crippen molar-refractivity contribution in [1.29, 1.82) is 0 Å². The molecule has 2 N–H and O–H groups in total. The second-order valence-corrected chi connectivity index (χ2v) is 8.82. The summed E-state index contributed by atoms with van der Waals surface area (Å²) >= 11 is 0. The van der Waals surface area contributed by atoms with Crippen molar-refractivity contribution in [2.75, 3.05) is 25.9 Å². The van der Waals surface area contributed by atoms with Crippen LogP contribution in [0, 0.1) is 0 Å². The van der Waals surface area contributed by atoms with Crippen LogP contribution < -0.4 is 5.32 Å². The maximum absolute atomic E-state index is 12.4. The Morgan fingerprint density at radius 3 is 2.68 bits per heavy atom. The minimum Gasteiger partial charge on any atom is -0.455 e. The second kappa shape index (κ2) is 10.4. The van der Waals surface area contributed by atoms with Gasteiger partial charge in [-0.05, 0) is 49.8 Å². The lowest BCUT2D eigenvalue weighted by Gasteiger charge is -2.18. The second-order valence-electron chi connectivity index (χ2n) is 7.25. The van der Waals surface area contributed by atoms with E-state index < -0.39 is 29.7 Å². The zero-order valence-corrected chi connectivity index (χ0v) is 17.7. The number of furan rings is 1. The lowest BCUT2D eigenvalue weighted by molar-refractivity contribution is -0.142. The first-order valence-electron chi connectivity index (χ1n) is 9.69. The first-order valence-corrected chi connectivity index (χ1v) is 11.0. The van der Waals surface area contributed by atoms with Crippen LogP contribution in [0.2, 0.25) is 0 Å². The number of hydrogen-bond donors (Lipinski definition) is 2. The molecule has 10 heteroatoms. The van der Waals surface area contributed by atoms with Gasteiger partial charge in [-0.15, -0.1) is 0 Å². The summed E-state index contributed by atoms with van der Waals surface area (Å²) in [5, 5.41) is 14.1. The molecule has 31 heavy (non-hydrogen) atoms. The van der Waals surface area contributed by atoms with Crippen LogP contribution in [0.1, 0.15) is 24.0 Å². The van der Waals surface area contributed by atoms with Crippen LogP contribution in [0.4, 0.5) is 13.2 Å². The van der Waals surface area contributed by atoms with Gasteiger partial charge in [-0.25, -0.2) is 0 Å². The normalized spacial score (nSPS) is 14.3. The molecule has 2 aromatic heterocycles. The van der Waals surface area contributed by atoms with Gasteiger partial charge in [0.25, 0.3) is 0 Å². The van der Waals surface area contributed by atoms with Gasteiger partial charge < -0.3 is 9.52 Å². The van der Waals surface area contributed by atoms with E-state index in [2.05, 4.69) is 10.3 Å². The third kappa shape index (κ3) is 7.13. The van der Waals surface area contributed by atoms with Crippen LogP contribution in [0.3, 0.4) is 0 Å².